The standard InChI is InChI=1S/C8H5F3N2O4/c9-8(10,11)5-3(7(16)17)4(12)2(1-13-5)6(14)15/h1H,(H2,12,13)(H,14,15)(H,16,17). The van der Waals surface area contributed by atoms with Crippen molar-refractivity contribution < 1.29 is 33.0 Å². The molecule has 0 spiro atoms. The third-order valence-electron chi connectivity index (χ3n) is 1.83. The predicted molar refractivity (Wildman–Crippen MR) is 47.6 cm³/mol. The zero-order chi connectivity index (χ0) is 13.4. The topological polar surface area (TPSA) is 114 Å². The van der Waals surface area contributed by atoms with Gasteiger partial charge in [0.25, 0.3) is 0 Å². The number of rotatable bonds is 2. The minimum Gasteiger partial charge on any atom is -0.478 e. The van der Waals surface area contributed by atoms with Gasteiger partial charge in [0, 0.05) is 6.20 Å². The van der Waals surface area contributed by atoms with Crippen molar-refractivity contribution in [2.45, 2.75) is 6.18 Å². The average molecular weight is 250 g/mol. The van der Waals surface area contributed by atoms with Gasteiger partial charge < -0.3 is 15.9 Å². The van der Waals surface area contributed by atoms with Gasteiger partial charge in [0.1, 0.15) is 11.1 Å². The first-order valence-electron chi connectivity index (χ1n) is 3.98. The highest BCUT2D eigenvalue weighted by Gasteiger charge is 2.39. The van der Waals surface area contributed by atoms with E-state index in [4.69, 9.17) is 15.9 Å². The number of nitrogens with two attached hydrogens (primary N) is 1. The highest BCUT2D eigenvalue weighted by atomic mass is 19.4. The summed E-state index contributed by atoms with van der Waals surface area (Å²) >= 11 is 0. The molecule has 0 radical (unpaired) electrons. The summed E-state index contributed by atoms with van der Waals surface area (Å²) in [4.78, 5) is 24.0. The Morgan fingerprint density at radius 1 is 1.24 bits per heavy atom. The zero-order valence-corrected chi connectivity index (χ0v) is 7.95. The Morgan fingerprint density at radius 2 is 1.76 bits per heavy atom. The van der Waals surface area contributed by atoms with Crippen LogP contribution < -0.4 is 5.73 Å². The van der Waals surface area contributed by atoms with Crippen molar-refractivity contribution in [1.29, 1.82) is 0 Å². The number of carboxylic acid groups (broad SMARTS) is 2. The lowest BCUT2D eigenvalue weighted by atomic mass is 10.1. The summed E-state index contributed by atoms with van der Waals surface area (Å²) in [5.41, 5.74) is 0.213. The van der Waals surface area contributed by atoms with Crippen molar-refractivity contribution in [2.75, 3.05) is 5.73 Å². The molecule has 0 saturated heterocycles. The number of anilines is 1. The summed E-state index contributed by atoms with van der Waals surface area (Å²) < 4.78 is 37.2. The van der Waals surface area contributed by atoms with Gasteiger partial charge >= 0.3 is 18.1 Å². The number of aromatic carboxylic acids is 2. The Kier molecular flexibility index (Phi) is 2.94. The van der Waals surface area contributed by atoms with Gasteiger partial charge in [0.15, 0.2) is 5.69 Å². The highest BCUT2D eigenvalue weighted by molar-refractivity contribution is 6.02. The van der Waals surface area contributed by atoms with E-state index >= 15 is 0 Å². The number of pyridine rings is 1. The van der Waals surface area contributed by atoms with Crippen molar-refractivity contribution >= 4 is 17.6 Å². The molecule has 0 bridgehead atoms. The quantitative estimate of drug-likeness (QED) is 0.723. The lowest BCUT2D eigenvalue weighted by Crippen LogP contribution is -2.19. The molecule has 0 unspecified atom stereocenters. The van der Waals surface area contributed by atoms with E-state index in [2.05, 4.69) is 4.98 Å². The van der Waals surface area contributed by atoms with Crippen molar-refractivity contribution in [3.05, 3.63) is 23.0 Å². The molecule has 92 valence electrons. The van der Waals surface area contributed by atoms with Crippen LogP contribution in [-0.4, -0.2) is 27.1 Å². The average Bonchev–Trinajstić information content (AvgIpc) is 2.14. The van der Waals surface area contributed by atoms with E-state index in [1.807, 2.05) is 0 Å². The number of carbonyl (C=O) groups is 2. The van der Waals surface area contributed by atoms with Crippen molar-refractivity contribution in [1.82, 2.24) is 4.98 Å². The van der Waals surface area contributed by atoms with E-state index in [9.17, 15) is 22.8 Å². The second-order valence-electron chi connectivity index (χ2n) is 2.92. The van der Waals surface area contributed by atoms with Crippen LogP contribution in [0.4, 0.5) is 18.9 Å². The molecule has 0 fully saturated rings. The van der Waals surface area contributed by atoms with Crippen LogP contribution in [0.2, 0.25) is 0 Å². The first-order chi connectivity index (χ1) is 7.66. The molecule has 1 rings (SSSR count). The Hall–Kier alpha value is -2.32. The van der Waals surface area contributed by atoms with E-state index in [0.29, 0.717) is 6.20 Å². The predicted octanol–water partition coefficient (Wildman–Crippen LogP) is 1.08. The van der Waals surface area contributed by atoms with Crippen LogP contribution in [0.1, 0.15) is 26.4 Å². The summed E-state index contributed by atoms with van der Waals surface area (Å²) in [5.74, 6) is -3.66. The fraction of sp³-hybridized carbons (Fsp3) is 0.125. The molecule has 6 nitrogen and oxygen atoms in total. The fourth-order valence-electron chi connectivity index (χ4n) is 1.13. The first kappa shape index (κ1) is 12.7. The number of aromatic nitrogens is 1. The molecule has 9 heteroatoms. The van der Waals surface area contributed by atoms with Crippen LogP contribution in [0, 0.1) is 0 Å². The summed E-state index contributed by atoms with van der Waals surface area (Å²) in [7, 11) is 0. The monoisotopic (exact) mass is 250 g/mol. The van der Waals surface area contributed by atoms with Crippen molar-refractivity contribution in [3.8, 4) is 0 Å². The number of hydrogen-bond acceptors (Lipinski definition) is 4. The molecule has 4 N–H and O–H groups in total. The van der Waals surface area contributed by atoms with Crippen molar-refractivity contribution in [2.24, 2.45) is 0 Å². The van der Waals surface area contributed by atoms with Gasteiger partial charge in [-0.25, -0.2) is 14.6 Å². The molecule has 0 saturated carbocycles. The van der Waals surface area contributed by atoms with Crippen LogP contribution >= 0.6 is 0 Å². The maximum absolute atomic E-state index is 12.4. The molecule has 0 aliphatic heterocycles. The SMILES string of the molecule is Nc1c(C(=O)O)cnc(C(F)(F)F)c1C(=O)O. The van der Waals surface area contributed by atoms with Gasteiger partial charge in [0.2, 0.25) is 0 Å². The number of nitrogen functional groups attached to an aromatic ring is 1. The van der Waals surface area contributed by atoms with Crippen LogP contribution in [0.15, 0.2) is 6.20 Å². The normalized spacial score (nSPS) is 11.2. The number of nitrogens with zero attached hydrogens (tertiary/aromatic N) is 1. The van der Waals surface area contributed by atoms with E-state index in [0.717, 1.165) is 0 Å². The Morgan fingerprint density at radius 3 is 2.12 bits per heavy atom. The van der Waals surface area contributed by atoms with Crippen LogP contribution in [0.25, 0.3) is 0 Å². The fourth-order valence-corrected chi connectivity index (χ4v) is 1.13. The number of alkyl halides is 3. The lowest BCUT2D eigenvalue weighted by Gasteiger charge is -2.12. The Balaban J connectivity index is 3.63. The summed E-state index contributed by atoms with van der Waals surface area (Å²) in [6.07, 6.45) is -4.66. The van der Waals surface area contributed by atoms with Gasteiger partial charge in [-0.2, -0.15) is 13.2 Å². The molecule has 1 heterocycles. The van der Waals surface area contributed by atoms with Crippen LogP contribution in [0.3, 0.4) is 0 Å². The van der Waals surface area contributed by atoms with E-state index < -0.39 is 40.6 Å². The van der Waals surface area contributed by atoms with Gasteiger partial charge in [-0.1, -0.05) is 0 Å². The molecule has 0 atom stereocenters. The number of halogens is 3. The maximum atomic E-state index is 12.4. The van der Waals surface area contributed by atoms with E-state index in [1.54, 1.807) is 0 Å². The maximum Gasteiger partial charge on any atom is 0.434 e. The second-order valence-corrected chi connectivity index (χ2v) is 2.92. The van der Waals surface area contributed by atoms with Gasteiger partial charge in [-0.05, 0) is 0 Å². The molecular formula is C8H5F3N2O4. The smallest absolute Gasteiger partial charge is 0.434 e. The molecule has 1 aromatic rings. The largest absolute Gasteiger partial charge is 0.478 e. The third kappa shape index (κ3) is 2.27. The molecule has 1 aromatic heterocycles. The number of carboxylic acids is 2. The zero-order valence-electron chi connectivity index (χ0n) is 7.95. The number of hydrogen-bond donors (Lipinski definition) is 3. The summed E-state index contributed by atoms with van der Waals surface area (Å²) in [6, 6.07) is 0. The van der Waals surface area contributed by atoms with E-state index in [1.165, 1.54) is 0 Å². The minimum atomic E-state index is -5.03. The summed E-state index contributed by atoms with van der Waals surface area (Å²) in [6.45, 7) is 0. The van der Waals surface area contributed by atoms with Gasteiger partial charge in [0.05, 0.1) is 5.69 Å². The first-order valence-corrected chi connectivity index (χ1v) is 3.98. The van der Waals surface area contributed by atoms with Crippen LogP contribution in [0.5, 0.6) is 0 Å². The molecule has 0 aliphatic rings. The van der Waals surface area contributed by atoms with Crippen LogP contribution in [-0.2, 0) is 6.18 Å². The summed E-state index contributed by atoms with van der Waals surface area (Å²) in [5, 5.41) is 17.2. The molecule has 0 amide bonds. The third-order valence-corrected chi connectivity index (χ3v) is 1.83. The lowest BCUT2D eigenvalue weighted by molar-refractivity contribution is -0.141. The van der Waals surface area contributed by atoms with E-state index in [-0.39, 0.29) is 0 Å². The highest BCUT2D eigenvalue weighted by Crippen LogP contribution is 2.33. The molecule has 0 aliphatic carbocycles. The molecule has 17 heavy (non-hydrogen) atoms. The second kappa shape index (κ2) is 3.92. The van der Waals surface area contributed by atoms with Gasteiger partial charge in [-0.15, -0.1) is 0 Å². The van der Waals surface area contributed by atoms with Crippen molar-refractivity contribution in [3.63, 3.8) is 0 Å². The van der Waals surface area contributed by atoms with Gasteiger partial charge in [-0.3, -0.25) is 0 Å². The Bertz CT molecular complexity index is 498. The molecular weight excluding hydrogens is 245 g/mol. The minimum absolute atomic E-state index is 0.368. The Labute approximate surface area is 91.5 Å². The molecule has 0 aromatic carbocycles.